The van der Waals surface area contributed by atoms with Gasteiger partial charge in [0.25, 0.3) is 5.91 Å². The fraction of sp³-hybridized carbons (Fsp3) is 0.125. The van der Waals surface area contributed by atoms with E-state index >= 15 is 0 Å². The molecular weight excluding hydrogens is 410 g/mol. The van der Waals surface area contributed by atoms with Crippen LogP contribution in [-0.4, -0.2) is 23.2 Å². The van der Waals surface area contributed by atoms with Gasteiger partial charge in [0.15, 0.2) is 5.76 Å². The number of nitrogens with zero attached hydrogens (tertiary/aromatic N) is 2. The second-order valence-electron chi connectivity index (χ2n) is 6.86. The smallest absolute Gasteiger partial charge is 0.291 e. The number of aryl methyl sites for hydroxylation is 1. The molecule has 156 valence electrons. The van der Waals surface area contributed by atoms with E-state index in [1.807, 2.05) is 67.6 Å². The Bertz CT molecular complexity index is 1150. The van der Waals surface area contributed by atoms with Crippen molar-refractivity contribution in [2.75, 3.05) is 12.4 Å². The summed E-state index contributed by atoms with van der Waals surface area (Å²) >= 11 is 1.50. The number of benzene rings is 2. The Labute approximate surface area is 184 Å². The van der Waals surface area contributed by atoms with Gasteiger partial charge in [0.2, 0.25) is 0 Å². The monoisotopic (exact) mass is 431 g/mol. The predicted molar refractivity (Wildman–Crippen MR) is 121 cm³/mol. The zero-order chi connectivity index (χ0) is 21.6. The highest BCUT2D eigenvalue weighted by Crippen LogP contribution is 2.25. The van der Waals surface area contributed by atoms with Crippen LogP contribution < -0.4 is 10.1 Å². The Morgan fingerprint density at radius 3 is 2.42 bits per heavy atom. The Morgan fingerprint density at radius 2 is 1.74 bits per heavy atom. The lowest BCUT2D eigenvalue weighted by molar-refractivity contribution is 0.0995. The van der Waals surface area contributed by atoms with Crippen LogP contribution in [0.5, 0.6) is 5.75 Å². The molecule has 0 fully saturated rings. The third-order valence-electron chi connectivity index (χ3n) is 4.58. The van der Waals surface area contributed by atoms with Gasteiger partial charge in [0, 0.05) is 11.3 Å². The van der Waals surface area contributed by atoms with Gasteiger partial charge in [-0.05, 0) is 67.6 Å². The number of nitrogens with one attached hydrogen (secondary N) is 1. The minimum absolute atomic E-state index is 0.274. The van der Waals surface area contributed by atoms with Crippen molar-refractivity contribution in [3.8, 4) is 17.0 Å². The van der Waals surface area contributed by atoms with Crippen LogP contribution in [0.25, 0.3) is 11.3 Å². The molecule has 0 radical (unpaired) electrons. The summed E-state index contributed by atoms with van der Waals surface area (Å²) in [5.74, 6) is 2.05. The van der Waals surface area contributed by atoms with Crippen molar-refractivity contribution >= 4 is 23.4 Å². The normalized spacial score (nSPS) is 10.6. The van der Waals surface area contributed by atoms with Crippen molar-refractivity contribution in [3.63, 3.8) is 0 Å². The molecule has 4 rings (SSSR count). The molecule has 0 saturated heterocycles. The van der Waals surface area contributed by atoms with E-state index in [1.54, 1.807) is 19.2 Å². The third kappa shape index (κ3) is 5.32. The zero-order valence-corrected chi connectivity index (χ0v) is 18.0. The number of carbonyl (C=O) groups excluding carboxylic acids is 1. The maximum atomic E-state index is 12.4. The number of ether oxygens (including phenoxy) is 1. The van der Waals surface area contributed by atoms with Gasteiger partial charge < -0.3 is 14.5 Å². The Balaban J connectivity index is 1.33. The van der Waals surface area contributed by atoms with Crippen LogP contribution in [0.1, 0.15) is 21.9 Å². The molecule has 0 aliphatic carbocycles. The number of rotatable bonds is 7. The van der Waals surface area contributed by atoms with Crippen molar-refractivity contribution in [1.29, 1.82) is 0 Å². The van der Waals surface area contributed by atoms with Gasteiger partial charge in [-0.1, -0.05) is 29.5 Å². The Kier molecular flexibility index (Phi) is 6.33. The number of amides is 1. The van der Waals surface area contributed by atoms with Crippen molar-refractivity contribution in [2.24, 2.45) is 0 Å². The molecule has 7 heteroatoms. The number of hydrogen-bond acceptors (Lipinski definition) is 6. The molecule has 0 unspecified atom stereocenters. The van der Waals surface area contributed by atoms with Gasteiger partial charge in [0.1, 0.15) is 16.5 Å². The minimum atomic E-state index is -0.274. The molecule has 0 aliphatic rings. The maximum Gasteiger partial charge on any atom is 0.291 e. The van der Waals surface area contributed by atoms with Crippen LogP contribution in [0.4, 0.5) is 5.69 Å². The maximum absolute atomic E-state index is 12.4. The van der Waals surface area contributed by atoms with Gasteiger partial charge in [-0.25, -0.2) is 0 Å². The molecule has 0 bridgehead atoms. The SMILES string of the molecule is COc1ccc(-c2ccc(SCc3ccc(C(=O)Nc4ccc(C)cc4)o3)nn2)cc1. The predicted octanol–water partition coefficient (Wildman–Crippen LogP) is 5.60. The van der Waals surface area contributed by atoms with E-state index < -0.39 is 0 Å². The molecule has 0 saturated carbocycles. The lowest BCUT2D eigenvalue weighted by Crippen LogP contribution is -2.10. The summed E-state index contributed by atoms with van der Waals surface area (Å²) in [5.41, 5.74) is 3.63. The lowest BCUT2D eigenvalue weighted by atomic mass is 10.1. The highest BCUT2D eigenvalue weighted by Gasteiger charge is 2.12. The zero-order valence-electron chi connectivity index (χ0n) is 17.2. The minimum Gasteiger partial charge on any atom is -0.497 e. The number of anilines is 1. The van der Waals surface area contributed by atoms with Crippen LogP contribution >= 0.6 is 11.8 Å². The van der Waals surface area contributed by atoms with Gasteiger partial charge in [0.05, 0.1) is 18.6 Å². The summed E-state index contributed by atoms with van der Waals surface area (Å²) in [5, 5.41) is 12.2. The molecular formula is C24H21N3O3S. The van der Waals surface area contributed by atoms with Crippen LogP contribution in [0, 0.1) is 6.92 Å². The highest BCUT2D eigenvalue weighted by molar-refractivity contribution is 7.98. The van der Waals surface area contributed by atoms with E-state index in [9.17, 15) is 4.79 Å². The molecule has 2 aromatic carbocycles. The fourth-order valence-electron chi connectivity index (χ4n) is 2.86. The average molecular weight is 432 g/mol. The van der Waals surface area contributed by atoms with E-state index in [0.29, 0.717) is 11.5 Å². The van der Waals surface area contributed by atoms with Crippen LogP contribution in [-0.2, 0) is 5.75 Å². The lowest BCUT2D eigenvalue weighted by Gasteiger charge is -2.04. The quantitative estimate of drug-likeness (QED) is 0.384. The van der Waals surface area contributed by atoms with Crippen molar-refractivity contribution in [1.82, 2.24) is 10.2 Å². The molecule has 1 N–H and O–H groups in total. The van der Waals surface area contributed by atoms with Crippen molar-refractivity contribution < 1.29 is 13.9 Å². The fourth-order valence-corrected chi connectivity index (χ4v) is 3.57. The van der Waals surface area contributed by atoms with Crippen LogP contribution in [0.3, 0.4) is 0 Å². The van der Waals surface area contributed by atoms with Crippen molar-refractivity contribution in [2.45, 2.75) is 17.7 Å². The summed E-state index contributed by atoms with van der Waals surface area (Å²) < 4.78 is 10.9. The van der Waals surface area contributed by atoms with Crippen molar-refractivity contribution in [3.05, 3.63) is 89.9 Å². The summed E-state index contributed by atoms with van der Waals surface area (Å²) in [6, 6.07) is 22.6. The number of furan rings is 1. The number of thioether (sulfide) groups is 1. The number of carbonyl (C=O) groups is 1. The largest absolute Gasteiger partial charge is 0.497 e. The van der Waals surface area contributed by atoms with Crippen LogP contribution in [0.2, 0.25) is 0 Å². The second-order valence-corrected chi connectivity index (χ2v) is 7.86. The molecule has 4 aromatic rings. The Morgan fingerprint density at radius 1 is 0.968 bits per heavy atom. The molecule has 0 spiro atoms. The summed E-state index contributed by atoms with van der Waals surface area (Å²) in [6.45, 7) is 2.00. The number of aromatic nitrogens is 2. The Hall–Kier alpha value is -3.58. The van der Waals surface area contributed by atoms with E-state index in [1.165, 1.54) is 11.8 Å². The van der Waals surface area contributed by atoms with E-state index in [2.05, 4.69) is 15.5 Å². The second kappa shape index (κ2) is 9.49. The molecule has 0 atom stereocenters. The first-order chi connectivity index (χ1) is 15.1. The first-order valence-corrected chi connectivity index (χ1v) is 10.7. The molecule has 6 nitrogen and oxygen atoms in total. The van der Waals surface area contributed by atoms with Crippen LogP contribution in [0.15, 0.2) is 82.2 Å². The molecule has 0 aliphatic heterocycles. The van der Waals surface area contributed by atoms with E-state index in [4.69, 9.17) is 9.15 Å². The van der Waals surface area contributed by atoms with Gasteiger partial charge in [-0.2, -0.15) is 0 Å². The third-order valence-corrected chi connectivity index (χ3v) is 5.53. The molecule has 1 amide bonds. The van der Waals surface area contributed by atoms with Gasteiger partial charge >= 0.3 is 0 Å². The molecule has 2 aromatic heterocycles. The first kappa shape index (κ1) is 20.7. The molecule has 31 heavy (non-hydrogen) atoms. The topological polar surface area (TPSA) is 77.2 Å². The first-order valence-electron chi connectivity index (χ1n) is 9.68. The summed E-state index contributed by atoms with van der Waals surface area (Å²) in [7, 11) is 1.64. The standard InChI is InChI=1S/C24H21N3O3S/c1-16-3-7-18(8-4-16)25-24(28)22-13-11-20(30-22)15-31-23-14-12-21(26-27-23)17-5-9-19(29-2)10-6-17/h3-14H,15H2,1-2H3,(H,25,28). The average Bonchev–Trinajstić information content (AvgIpc) is 3.29. The molecule has 2 heterocycles. The summed E-state index contributed by atoms with van der Waals surface area (Å²) in [4.78, 5) is 12.4. The van der Waals surface area contributed by atoms with E-state index in [-0.39, 0.29) is 11.7 Å². The van der Waals surface area contributed by atoms with E-state index in [0.717, 1.165) is 33.3 Å². The van der Waals surface area contributed by atoms with Gasteiger partial charge in [-0.15, -0.1) is 10.2 Å². The number of hydrogen-bond donors (Lipinski definition) is 1. The summed E-state index contributed by atoms with van der Waals surface area (Å²) in [6.07, 6.45) is 0. The van der Waals surface area contributed by atoms with Gasteiger partial charge in [-0.3, -0.25) is 4.79 Å². The number of methoxy groups -OCH3 is 1. The highest BCUT2D eigenvalue weighted by atomic mass is 32.2.